The quantitative estimate of drug-likeness (QED) is 0.819. The topological polar surface area (TPSA) is 63.6 Å². The van der Waals surface area contributed by atoms with Gasteiger partial charge in [-0.1, -0.05) is 34.8 Å². The van der Waals surface area contributed by atoms with Gasteiger partial charge < -0.3 is 9.84 Å². The van der Waals surface area contributed by atoms with Crippen molar-refractivity contribution in [3.63, 3.8) is 0 Å². The number of ketones is 1. The number of rotatable bonds is 3. The molecule has 118 valence electrons. The first-order valence-electron chi connectivity index (χ1n) is 6.59. The van der Waals surface area contributed by atoms with E-state index in [2.05, 4.69) is 0 Å². The first kappa shape index (κ1) is 16.1. The molecule has 3 rings (SSSR count). The standard InChI is InChI=1S/C16H9Cl3O4/c17-8-3-1-7(2-4-8)14(20)9-5-11(18)15-10(13(9)19)6-12(23-15)16(21)22/h1-5,12H,6H2,(H,21,22). The van der Waals surface area contributed by atoms with Gasteiger partial charge in [-0.05, 0) is 30.3 Å². The fourth-order valence-corrected chi connectivity index (χ4v) is 3.10. The molecule has 0 spiro atoms. The van der Waals surface area contributed by atoms with Gasteiger partial charge in [0.25, 0.3) is 0 Å². The maximum absolute atomic E-state index is 12.6. The summed E-state index contributed by atoms with van der Waals surface area (Å²) in [5.74, 6) is -1.22. The molecule has 0 bridgehead atoms. The summed E-state index contributed by atoms with van der Waals surface area (Å²) in [5, 5.41) is 9.89. The van der Waals surface area contributed by atoms with E-state index >= 15 is 0 Å². The smallest absolute Gasteiger partial charge is 0.345 e. The van der Waals surface area contributed by atoms with E-state index in [-0.39, 0.29) is 33.6 Å². The monoisotopic (exact) mass is 370 g/mol. The maximum atomic E-state index is 12.6. The molecule has 0 saturated carbocycles. The minimum Gasteiger partial charge on any atom is -0.478 e. The van der Waals surface area contributed by atoms with Crippen LogP contribution in [0.15, 0.2) is 30.3 Å². The summed E-state index contributed by atoms with van der Waals surface area (Å²) in [6.45, 7) is 0. The van der Waals surface area contributed by atoms with E-state index in [0.717, 1.165) is 0 Å². The van der Waals surface area contributed by atoms with E-state index in [9.17, 15) is 9.59 Å². The van der Waals surface area contributed by atoms with Crippen molar-refractivity contribution in [1.82, 2.24) is 0 Å². The van der Waals surface area contributed by atoms with Gasteiger partial charge in [-0.2, -0.15) is 0 Å². The highest BCUT2D eigenvalue weighted by Crippen LogP contribution is 2.42. The first-order chi connectivity index (χ1) is 10.9. The average molecular weight is 372 g/mol. The largest absolute Gasteiger partial charge is 0.478 e. The lowest BCUT2D eigenvalue weighted by molar-refractivity contribution is -0.144. The number of ether oxygens (including phenoxy) is 1. The number of aliphatic carboxylic acids is 1. The van der Waals surface area contributed by atoms with Crippen LogP contribution in [0, 0.1) is 0 Å². The van der Waals surface area contributed by atoms with Crippen molar-refractivity contribution in [3.8, 4) is 5.75 Å². The van der Waals surface area contributed by atoms with Crippen LogP contribution in [-0.4, -0.2) is 23.0 Å². The highest BCUT2D eigenvalue weighted by molar-refractivity contribution is 6.38. The average Bonchev–Trinajstić information content (AvgIpc) is 2.97. The van der Waals surface area contributed by atoms with Crippen molar-refractivity contribution in [2.24, 2.45) is 0 Å². The lowest BCUT2D eigenvalue weighted by atomic mass is 9.99. The first-order valence-corrected chi connectivity index (χ1v) is 7.72. The van der Waals surface area contributed by atoms with Gasteiger partial charge in [0, 0.05) is 28.1 Å². The number of carbonyl (C=O) groups excluding carboxylic acids is 1. The Morgan fingerprint density at radius 3 is 2.39 bits per heavy atom. The minimum atomic E-state index is -1.11. The number of fused-ring (bicyclic) bond motifs is 1. The summed E-state index contributed by atoms with van der Waals surface area (Å²) in [4.78, 5) is 23.7. The number of halogens is 3. The van der Waals surface area contributed by atoms with Crippen molar-refractivity contribution >= 4 is 46.6 Å². The summed E-state index contributed by atoms with van der Waals surface area (Å²) in [6, 6.07) is 7.75. The zero-order valence-corrected chi connectivity index (χ0v) is 13.7. The number of carboxylic acid groups (broad SMARTS) is 1. The fraction of sp³-hybridized carbons (Fsp3) is 0.125. The van der Waals surface area contributed by atoms with E-state index in [1.807, 2.05) is 0 Å². The molecule has 0 fully saturated rings. The molecule has 0 aromatic heterocycles. The van der Waals surface area contributed by atoms with Gasteiger partial charge in [0.15, 0.2) is 11.9 Å². The van der Waals surface area contributed by atoms with Crippen LogP contribution in [0.2, 0.25) is 15.1 Å². The lowest BCUT2D eigenvalue weighted by Crippen LogP contribution is -2.24. The zero-order chi connectivity index (χ0) is 16.7. The molecule has 1 unspecified atom stereocenters. The Hall–Kier alpha value is -1.75. The molecule has 2 aromatic rings. The van der Waals surface area contributed by atoms with Gasteiger partial charge in [0.05, 0.1) is 10.0 Å². The van der Waals surface area contributed by atoms with Gasteiger partial charge in [0.1, 0.15) is 5.75 Å². The van der Waals surface area contributed by atoms with Crippen molar-refractivity contribution in [3.05, 3.63) is 62.1 Å². The second kappa shape index (κ2) is 6.04. The molecule has 0 aliphatic carbocycles. The third kappa shape index (κ3) is 2.90. The van der Waals surface area contributed by atoms with Crippen LogP contribution in [0.4, 0.5) is 0 Å². The molecule has 1 aliphatic heterocycles. The second-order valence-electron chi connectivity index (χ2n) is 5.01. The molecule has 0 amide bonds. The van der Waals surface area contributed by atoms with Gasteiger partial charge in [0.2, 0.25) is 0 Å². The molecule has 1 aliphatic rings. The zero-order valence-electron chi connectivity index (χ0n) is 11.5. The van der Waals surface area contributed by atoms with Gasteiger partial charge in [-0.15, -0.1) is 0 Å². The molecule has 0 radical (unpaired) electrons. The predicted octanol–water partition coefficient (Wildman–Crippen LogP) is 4.27. The molecule has 1 heterocycles. The third-order valence-corrected chi connectivity index (χ3v) is 4.50. The summed E-state index contributed by atoms with van der Waals surface area (Å²) in [5.41, 5.74) is 1.04. The highest BCUT2D eigenvalue weighted by atomic mass is 35.5. The Bertz CT molecular complexity index is 815. The Morgan fingerprint density at radius 1 is 1.13 bits per heavy atom. The summed E-state index contributed by atoms with van der Waals surface area (Å²) in [7, 11) is 0. The second-order valence-corrected chi connectivity index (χ2v) is 6.23. The molecule has 1 N–H and O–H groups in total. The van der Waals surface area contributed by atoms with Crippen LogP contribution >= 0.6 is 34.8 Å². The Kier molecular flexibility index (Phi) is 4.23. The SMILES string of the molecule is O=C(c1ccc(Cl)cc1)c1cc(Cl)c2c(c1Cl)CC(C(=O)O)O2. The van der Waals surface area contributed by atoms with Crippen molar-refractivity contribution < 1.29 is 19.4 Å². The van der Waals surface area contributed by atoms with E-state index in [1.165, 1.54) is 6.07 Å². The van der Waals surface area contributed by atoms with E-state index in [0.29, 0.717) is 16.1 Å². The molecule has 1 atom stereocenters. The summed E-state index contributed by atoms with van der Waals surface area (Å²) < 4.78 is 5.29. The Morgan fingerprint density at radius 2 is 1.78 bits per heavy atom. The Labute approximate surface area is 146 Å². The summed E-state index contributed by atoms with van der Waals surface area (Å²) in [6.07, 6.45) is -0.994. The molecular weight excluding hydrogens is 363 g/mol. The fourth-order valence-electron chi connectivity index (χ4n) is 2.40. The normalized spacial score (nSPS) is 15.9. The molecule has 2 aromatic carbocycles. The van der Waals surface area contributed by atoms with Gasteiger partial charge in [-0.25, -0.2) is 4.79 Å². The van der Waals surface area contributed by atoms with Crippen LogP contribution < -0.4 is 4.74 Å². The number of hydrogen-bond donors (Lipinski definition) is 1. The molecule has 4 nitrogen and oxygen atoms in total. The summed E-state index contributed by atoms with van der Waals surface area (Å²) >= 11 is 18.2. The van der Waals surface area contributed by atoms with Crippen LogP contribution in [0.3, 0.4) is 0 Å². The number of hydrogen-bond acceptors (Lipinski definition) is 3. The third-order valence-electron chi connectivity index (χ3n) is 3.54. The lowest BCUT2D eigenvalue weighted by Gasteiger charge is -2.10. The van der Waals surface area contributed by atoms with Crippen LogP contribution in [0.25, 0.3) is 0 Å². The van der Waals surface area contributed by atoms with Crippen LogP contribution in [-0.2, 0) is 11.2 Å². The number of carboxylic acids is 1. The van der Waals surface area contributed by atoms with E-state index < -0.39 is 12.1 Å². The Balaban J connectivity index is 2.04. The van der Waals surface area contributed by atoms with Gasteiger partial charge >= 0.3 is 5.97 Å². The van der Waals surface area contributed by atoms with Crippen molar-refractivity contribution in [1.29, 1.82) is 0 Å². The molecule has 23 heavy (non-hydrogen) atoms. The molecule has 0 saturated heterocycles. The van der Waals surface area contributed by atoms with E-state index in [1.54, 1.807) is 24.3 Å². The van der Waals surface area contributed by atoms with Gasteiger partial charge in [-0.3, -0.25) is 4.79 Å². The number of carbonyl (C=O) groups is 2. The molecule has 7 heteroatoms. The van der Waals surface area contributed by atoms with E-state index in [4.69, 9.17) is 44.6 Å². The minimum absolute atomic E-state index is 0.0605. The predicted molar refractivity (Wildman–Crippen MR) is 87.1 cm³/mol. The van der Waals surface area contributed by atoms with Crippen LogP contribution in [0.1, 0.15) is 21.5 Å². The highest BCUT2D eigenvalue weighted by Gasteiger charge is 2.34. The maximum Gasteiger partial charge on any atom is 0.345 e. The molecular formula is C16H9Cl3O4. The van der Waals surface area contributed by atoms with Crippen molar-refractivity contribution in [2.45, 2.75) is 12.5 Å². The number of benzene rings is 2. The van der Waals surface area contributed by atoms with Crippen LogP contribution in [0.5, 0.6) is 5.75 Å². The van der Waals surface area contributed by atoms with Crippen molar-refractivity contribution in [2.75, 3.05) is 0 Å².